The van der Waals surface area contributed by atoms with Crippen LogP contribution in [0.1, 0.15) is 27.6 Å². The van der Waals surface area contributed by atoms with Crippen molar-refractivity contribution < 1.29 is 33.8 Å². The molecule has 0 unspecified atom stereocenters. The number of hydrogen-bond donors (Lipinski definition) is 3. The highest BCUT2D eigenvalue weighted by Crippen LogP contribution is 2.44. The third-order valence-electron chi connectivity index (χ3n) is 5.42. The van der Waals surface area contributed by atoms with Gasteiger partial charge in [-0.15, -0.1) is 0 Å². The Labute approximate surface area is 189 Å². The van der Waals surface area contributed by atoms with Gasteiger partial charge >= 0.3 is 12.1 Å². The van der Waals surface area contributed by atoms with Gasteiger partial charge in [-0.1, -0.05) is 48.5 Å². The molecule has 9 heteroatoms. The smallest absolute Gasteiger partial charge is 0.411 e. The third kappa shape index (κ3) is 4.58. The molecule has 1 heterocycles. The number of aliphatic hydroxyl groups is 1. The van der Waals surface area contributed by atoms with Gasteiger partial charge < -0.3 is 24.3 Å². The van der Waals surface area contributed by atoms with Crippen molar-refractivity contribution in [3.63, 3.8) is 0 Å². The van der Waals surface area contributed by atoms with Crippen LogP contribution in [0.5, 0.6) is 0 Å². The summed E-state index contributed by atoms with van der Waals surface area (Å²) in [7, 11) is 0. The molecule has 33 heavy (non-hydrogen) atoms. The highest BCUT2D eigenvalue weighted by atomic mass is 16.5. The number of carbonyl (C=O) groups is 3. The minimum absolute atomic E-state index is 0.0468. The van der Waals surface area contributed by atoms with Crippen LogP contribution in [-0.4, -0.2) is 59.4 Å². The predicted octanol–water partition coefficient (Wildman–Crippen LogP) is 3.16. The van der Waals surface area contributed by atoms with E-state index in [2.05, 4.69) is 5.32 Å². The number of nitrogens with one attached hydrogen (secondary N) is 1. The topological polar surface area (TPSA) is 129 Å². The lowest BCUT2D eigenvalue weighted by molar-refractivity contribution is -0.137. The van der Waals surface area contributed by atoms with Crippen LogP contribution in [0.4, 0.5) is 10.5 Å². The van der Waals surface area contributed by atoms with E-state index in [-0.39, 0.29) is 30.5 Å². The molecule has 4 rings (SSSR count). The van der Waals surface area contributed by atoms with Gasteiger partial charge in [0.2, 0.25) is 5.76 Å². The molecule has 0 saturated carbocycles. The monoisotopic (exact) mass is 450 g/mol. The molecule has 1 aliphatic rings. The van der Waals surface area contributed by atoms with E-state index in [0.29, 0.717) is 0 Å². The second-order valence-corrected chi connectivity index (χ2v) is 7.46. The van der Waals surface area contributed by atoms with Gasteiger partial charge in [-0.05, 0) is 22.3 Å². The molecule has 0 fully saturated rings. The number of ether oxygens (including phenoxy) is 1. The summed E-state index contributed by atoms with van der Waals surface area (Å²) in [6.45, 7) is -1.15. The van der Waals surface area contributed by atoms with Crippen molar-refractivity contribution in [1.82, 2.24) is 4.90 Å². The molecule has 0 spiro atoms. The molecule has 1 aromatic heterocycles. The highest BCUT2D eigenvalue weighted by molar-refractivity contribution is 6.01. The molecule has 2 aromatic carbocycles. The number of furan rings is 1. The minimum atomic E-state index is -1.24. The zero-order valence-corrected chi connectivity index (χ0v) is 17.6. The second-order valence-electron chi connectivity index (χ2n) is 7.46. The van der Waals surface area contributed by atoms with Gasteiger partial charge in [0, 0.05) is 18.5 Å². The maximum atomic E-state index is 12.6. The maximum absolute atomic E-state index is 12.6. The summed E-state index contributed by atoms with van der Waals surface area (Å²) >= 11 is 0. The van der Waals surface area contributed by atoms with E-state index in [4.69, 9.17) is 19.4 Å². The summed E-state index contributed by atoms with van der Waals surface area (Å²) in [4.78, 5) is 37.1. The Kier molecular flexibility index (Phi) is 6.41. The van der Waals surface area contributed by atoms with Crippen LogP contribution < -0.4 is 5.32 Å². The van der Waals surface area contributed by atoms with Gasteiger partial charge in [0.15, 0.2) is 0 Å². The third-order valence-corrected chi connectivity index (χ3v) is 5.42. The summed E-state index contributed by atoms with van der Waals surface area (Å²) in [5, 5.41) is 20.6. The van der Waals surface area contributed by atoms with Crippen LogP contribution in [-0.2, 0) is 9.53 Å². The number of rotatable bonds is 8. The van der Waals surface area contributed by atoms with Crippen LogP contribution in [0.25, 0.3) is 11.1 Å². The van der Waals surface area contributed by atoms with Crippen molar-refractivity contribution in [2.45, 2.75) is 5.92 Å². The van der Waals surface area contributed by atoms with Crippen LogP contribution in [0.15, 0.2) is 65.3 Å². The maximum Gasteiger partial charge on any atom is 0.411 e. The van der Waals surface area contributed by atoms with Gasteiger partial charge in [0.05, 0.1) is 18.6 Å². The SMILES string of the molecule is O=C(O)CN(CCO)C(=O)c1occc1NC(=O)OCC1c2ccccc2-c2ccccc21. The quantitative estimate of drug-likeness (QED) is 0.481. The summed E-state index contributed by atoms with van der Waals surface area (Å²) in [6, 6.07) is 17.3. The van der Waals surface area contributed by atoms with Crippen LogP contribution >= 0.6 is 0 Å². The molecular formula is C24H22N2O7. The molecular weight excluding hydrogens is 428 g/mol. The predicted molar refractivity (Wildman–Crippen MR) is 118 cm³/mol. The van der Waals surface area contributed by atoms with E-state index in [1.54, 1.807) is 0 Å². The first-order valence-electron chi connectivity index (χ1n) is 10.3. The highest BCUT2D eigenvalue weighted by Gasteiger charge is 2.29. The fourth-order valence-corrected chi connectivity index (χ4v) is 4.00. The minimum Gasteiger partial charge on any atom is -0.480 e. The Bertz CT molecular complexity index is 1140. The van der Waals surface area contributed by atoms with Crippen molar-refractivity contribution in [2.24, 2.45) is 0 Å². The lowest BCUT2D eigenvalue weighted by atomic mass is 9.98. The zero-order valence-electron chi connectivity index (χ0n) is 17.6. The fourth-order valence-electron chi connectivity index (χ4n) is 4.00. The lowest BCUT2D eigenvalue weighted by Crippen LogP contribution is -2.38. The van der Waals surface area contributed by atoms with Crippen molar-refractivity contribution in [1.29, 1.82) is 0 Å². The molecule has 0 bridgehead atoms. The Hall–Kier alpha value is -4.11. The Morgan fingerprint density at radius 1 is 1.00 bits per heavy atom. The van der Waals surface area contributed by atoms with Crippen molar-refractivity contribution >= 4 is 23.7 Å². The molecule has 1 aliphatic carbocycles. The number of carbonyl (C=O) groups excluding carboxylic acids is 2. The second kappa shape index (κ2) is 9.58. The Balaban J connectivity index is 1.44. The van der Waals surface area contributed by atoms with E-state index in [1.165, 1.54) is 12.3 Å². The van der Waals surface area contributed by atoms with Gasteiger partial charge in [0.25, 0.3) is 5.91 Å². The first-order chi connectivity index (χ1) is 16.0. The molecule has 170 valence electrons. The number of hydrogen-bond acceptors (Lipinski definition) is 6. The molecule has 3 N–H and O–H groups in total. The Morgan fingerprint density at radius 3 is 2.24 bits per heavy atom. The fraction of sp³-hybridized carbons (Fsp3) is 0.208. The first kappa shape index (κ1) is 22.1. The van der Waals surface area contributed by atoms with Crippen LogP contribution in [0, 0.1) is 0 Å². The normalized spacial score (nSPS) is 12.0. The van der Waals surface area contributed by atoms with Gasteiger partial charge in [-0.3, -0.25) is 14.9 Å². The summed E-state index contributed by atoms with van der Waals surface area (Å²) in [5.74, 6) is -2.39. The molecule has 9 nitrogen and oxygen atoms in total. The van der Waals surface area contributed by atoms with E-state index in [9.17, 15) is 14.4 Å². The van der Waals surface area contributed by atoms with E-state index < -0.39 is 31.1 Å². The average Bonchev–Trinajstić information content (AvgIpc) is 3.39. The van der Waals surface area contributed by atoms with Crippen molar-refractivity contribution in [2.75, 3.05) is 31.6 Å². The number of fused-ring (bicyclic) bond motifs is 3. The molecule has 0 saturated heterocycles. The number of carboxylic acids is 1. The molecule has 0 radical (unpaired) electrons. The number of aliphatic carboxylic acids is 1. The summed E-state index contributed by atoms with van der Waals surface area (Å²) < 4.78 is 10.6. The number of nitrogens with zero attached hydrogens (tertiary/aromatic N) is 1. The average molecular weight is 450 g/mol. The van der Waals surface area contributed by atoms with E-state index in [1.807, 2.05) is 48.5 Å². The lowest BCUT2D eigenvalue weighted by Gasteiger charge is -2.19. The standard InChI is InChI=1S/C24H22N2O7/c27-11-10-26(13-21(28)29)23(30)22-20(9-12-32-22)25-24(31)33-14-19-17-7-3-1-5-15(17)16-6-2-4-8-18(16)19/h1-9,12,19,27H,10-11,13-14H2,(H,25,31)(H,28,29). The zero-order chi connectivity index (χ0) is 23.4. The number of anilines is 1. The van der Waals surface area contributed by atoms with Gasteiger partial charge in [-0.2, -0.15) is 0 Å². The molecule has 2 amide bonds. The van der Waals surface area contributed by atoms with Gasteiger partial charge in [0.1, 0.15) is 13.2 Å². The molecule has 0 atom stereocenters. The number of benzene rings is 2. The van der Waals surface area contributed by atoms with E-state index >= 15 is 0 Å². The Morgan fingerprint density at radius 2 is 1.64 bits per heavy atom. The van der Waals surface area contributed by atoms with Crippen LogP contribution in [0.3, 0.4) is 0 Å². The number of carboxylic acid groups (broad SMARTS) is 1. The molecule has 3 aromatic rings. The van der Waals surface area contributed by atoms with Crippen molar-refractivity contribution in [3.05, 3.63) is 77.7 Å². The summed E-state index contributed by atoms with van der Waals surface area (Å²) in [6.07, 6.45) is 0.420. The van der Waals surface area contributed by atoms with E-state index in [0.717, 1.165) is 27.2 Å². The number of amides is 2. The largest absolute Gasteiger partial charge is 0.480 e. The van der Waals surface area contributed by atoms with Gasteiger partial charge in [-0.25, -0.2) is 4.79 Å². The summed E-state index contributed by atoms with van der Waals surface area (Å²) in [5.41, 5.74) is 4.39. The van der Waals surface area contributed by atoms with Crippen LogP contribution in [0.2, 0.25) is 0 Å². The molecule has 0 aliphatic heterocycles. The first-order valence-corrected chi connectivity index (χ1v) is 10.3. The number of aliphatic hydroxyl groups excluding tert-OH is 1. The van der Waals surface area contributed by atoms with Crippen molar-refractivity contribution in [3.8, 4) is 11.1 Å².